The van der Waals surface area contributed by atoms with Gasteiger partial charge in [-0.2, -0.15) is 0 Å². The molecule has 5 nitrogen and oxygen atoms in total. The Morgan fingerprint density at radius 3 is 2.57 bits per heavy atom. The van der Waals surface area contributed by atoms with Gasteiger partial charge in [0.2, 0.25) is 5.91 Å². The van der Waals surface area contributed by atoms with E-state index in [0.717, 1.165) is 6.42 Å². The quantitative estimate of drug-likeness (QED) is 0.681. The maximum Gasteiger partial charge on any atom is 0.325 e. The Hall–Kier alpha value is -1.10. The van der Waals surface area contributed by atoms with E-state index in [1.807, 2.05) is 6.92 Å². The number of carboxylic acids is 1. The molecule has 0 aromatic rings. The normalized spacial score (nSPS) is 28.4. The highest BCUT2D eigenvalue weighted by Gasteiger charge is 2.29. The highest BCUT2D eigenvalue weighted by atomic mass is 16.5. The van der Waals surface area contributed by atoms with Crippen LogP contribution in [0.5, 0.6) is 0 Å². The zero-order valence-corrected chi connectivity index (χ0v) is 8.32. The number of amides is 1. The summed E-state index contributed by atoms with van der Waals surface area (Å²) >= 11 is 0. The Bertz CT molecular complexity index is 241. The Morgan fingerprint density at radius 1 is 1.50 bits per heavy atom. The highest BCUT2D eigenvalue weighted by Crippen LogP contribution is 2.18. The zero-order chi connectivity index (χ0) is 10.7. The number of hydrogen-bond donors (Lipinski definition) is 2. The van der Waals surface area contributed by atoms with E-state index in [4.69, 9.17) is 9.84 Å². The number of aliphatic carboxylic acids is 1. The number of hydrogen-bond acceptors (Lipinski definition) is 3. The molecule has 1 aliphatic heterocycles. The van der Waals surface area contributed by atoms with E-state index in [2.05, 4.69) is 5.32 Å². The van der Waals surface area contributed by atoms with Gasteiger partial charge in [-0.25, -0.2) is 0 Å². The Morgan fingerprint density at radius 2 is 2.14 bits per heavy atom. The lowest BCUT2D eigenvalue weighted by atomic mass is 10.2. The largest absolute Gasteiger partial charge is 0.480 e. The molecule has 1 fully saturated rings. The van der Waals surface area contributed by atoms with Crippen LogP contribution in [0.3, 0.4) is 0 Å². The van der Waals surface area contributed by atoms with Gasteiger partial charge in [-0.15, -0.1) is 0 Å². The average Bonchev–Trinajstić information content (AvgIpc) is 2.51. The van der Waals surface area contributed by atoms with Gasteiger partial charge in [-0.1, -0.05) is 0 Å². The predicted molar refractivity (Wildman–Crippen MR) is 48.8 cm³/mol. The van der Waals surface area contributed by atoms with E-state index < -0.39 is 18.1 Å². The molecule has 3 atom stereocenters. The van der Waals surface area contributed by atoms with Crippen molar-refractivity contribution in [3.63, 3.8) is 0 Å². The van der Waals surface area contributed by atoms with Gasteiger partial charge in [0.15, 0.2) is 0 Å². The van der Waals surface area contributed by atoms with Gasteiger partial charge < -0.3 is 15.2 Å². The molecule has 0 aliphatic carbocycles. The van der Waals surface area contributed by atoms with Crippen LogP contribution < -0.4 is 5.32 Å². The summed E-state index contributed by atoms with van der Waals surface area (Å²) in [5.74, 6) is -1.37. The minimum atomic E-state index is -1.04. The van der Waals surface area contributed by atoms with Crippen LogP contribution in [0.1, 0.15) is 26.7 Å². The molecule has 5 heteroatoms. The van der Waals surface area contributed by atoms with Gasteiger partial charge in [-0.05, 0) is 26.7 Å². The molecule has 0 aromatic carbocycles. The van der Waals surface area contributed by atoms with Crippen LogP contribution >= 0.6 is 0 Å². The summed E-state index contributed by atoms with van der Waals surface area (Å²) in [6, 6.07) is -0.859. The van der Waals surface area contributed by atoms with E-state index in [0.29, 0.717) is 6.42 Å². The molecule has 2 N–H and O–H groups in total. The standard InChI is InChI=1S/C9H15NO4/c1-5-3-4-7(14-5)8(11)10-6(2)9(12)13/h5-7H,3-4H2,1-2H3,(H,10,11)(H,12,13)/t5-,6?,7-/m0/s1. The second kappa shape index (κ2) is 4.41. The van der Waals surface area contributed by atoms with Crippen molar-refractivity contribution in [3.8, 4) is 0 Å². The maximum atomic E-state index is 11.4. The van der Waals surface area contributed by atoms with Crippen LogP contribution in [0.25, 0.3) is 0 Å². The van der Waals surface area contributed by atoms with Crippen LogP contribution in [0.15, 0.2) is 0 Å². The van der Waals surface area contributed by atoms with Crippen LogP contribution in [0.4, 0.5) is 0 Å². The van der Waals surface area contributed by atoms with E-state index in [9.17, 15) is 9.59 Å². The molecule has 0 spiro atoms. The first kappa shape index (κ1) is 11.0. The number of carboxylic acid groups (broad SMARTS) is 1. The van der Waals surface area contributed by atoms with Gasteiger partial charge in [-0.3, -0.25) is 9.59 Å². The van der Waals surface area contributed by atoms with E-state index in [1.165, 1.54) is 6.92 Å². The Balaban J connectivity index is 2.39. The van der Waals surface area contributed by atoms with Gasteiger partial charge in [0.25, 0.3) is 0 Å². The fourth-order valence-corrected chi connectivity index (χ4v) is 1.36. The molecule has 14 heavy (non-hydrogen) atoms. The monoisotopic (exact) mass is 201 g/mol. The van der Waals surface area contributed by atoms with Crippen molar-refractivity contribution in [2.75, 3.05) is 0 Å². The third-order valence-electron chi connectivity index (χ3n) is 2.25. The molecule has 0 saturated carbocycles. The molecule has 1 aliphatic rings. The molecule has 1 heterocycles. The number of rotatable bonds is 3. The number of ether oxygens (including phenoxy) is 1. The summed E-state index contributed by atoms with van der Waals surface area (Å²) in [4.78, 5) is 21.9. The second-order valence-corrected chi connectivity index (χ2v) is 3.58. The molecule has 1 amide bonds. The molecule has 0 radical (unpaired) electrons. The lowest BCUT2D eigenvalue weighted by molar-refractivity contribution is -0.143. The van der Waals surface area contributed by atoms with Crippen molar-refractivity contribution in [2.24, 2.45) is 0 Å². The number of carbonyl (C=O) groups is 2. The average molecular weight is 201 g/mol. The fourth-order valence-electron chi connectivity index (χ4n) is 1.36. The topological polar surface area (TPSA) is 75.6 Å². The van der Waals surface area contributed by atoms with Crippen molar-refractivity contribution < 1.29 is 19.4 Å². The fraction of sp³-hybridized carbons (Fsp3) is 0.778. The summed E-state index contributed by atoms with van der Waals surface area (Å²) in [6.07, 6.45) is 1.12. The van der Waals surface area contributed by atoms with Crippen LogP contribution in [-0.2, 0) is 14.3 Å². The number of carbonyl (C=O) groups excluding carboxylic acids is 1. The molecule has 0 aromatic heterocycles. The third-order valence-corrected chi connectivity index (χ3v) is 2.25. The van der Waals surface area contributed by atoms with Crippen LogP contribution in [-0.4, -0.2) is 35.2 Å². The van der Waals surface area contributed by atoms with E-state index >= 15 is 0 Å². The lowest BCUT2D eigenvalue weighted by Gasteiger charge is -2.14. The van der Waals surface area contributed by atoms with Crippen molar-refractivity contribution in [1.82, 2.24) is 5.32 Å². The first-order chi connectivity index (χ1) is 6.50. The molecule has 1 rings (SSSR count). The first-order valence-corrected chi connectivity index (χ1v) is 4.69. The van der Waals surface area contributed by atoms with Gasteiger partial charge >= 0.3 is 5.97 Å². The lowest BCUT2D eigenvalue weighted by Crippen LogP contribution is -2.43. The minimum absolute atomic E-state index is 0.0888. The van der Waals surface area contributed by atoms with Crippen molar-refractivity contribution in [2.45, 2.75) is 44.9 Å². The van der Waals surface area contributed by atoms with Gasteiger partial charge in [0.1, 0.15) is 12.1 Å². The first-order valence-electron chi connectivity index (χ1n) is 4.69. The molecule has 1 saturated heterocycles. The molecule has 80 valence electrons. The summed E-state index contributed by atoms with van der Waals surface area (Å²) in [6.45, 7) is 3.33. The van der Waals surface area contributed by atoms with Gasteiger partial charge in [0, 0.05) is 0 Å². The summed E-state index contributed by atoms with van der Waals surface area (Å²) in [5, 5.41) is 10.9. The third kappa shape index (κ3) is 2.70. The second-order valence-electron chi connectivity index (χ2n) is 3.58. The Kier molecular flexibility index (Phi) is 3.46. The maximum absolute atomic E-state index is 11.4. The van der Waals surface area contributed by atoms with Crippen molar-refractivity contribution >= 4 is 11.9 Å². The summed E-state index contributed by atoms with van der Waals surface area (Å²) < 4.78 is 5.30. The summed E-state index contributed by atoms with van der Waals surface area (Å²) in [5.41, 5.74) is 0. The molecule has 0 bridgehead atoms. The van der Waals surface area contributed by atoms with Crippen molar-refractivity contribution in [3.05, 3.63) is 0 Å². The van der Waals surface area contributed by atoms with Crippen LogP contribution in [0, 0.1) is 0 Å². The molecular weight excluding hydrogens is 186 g/mol. The minimum Gasteiger partial charge on any atom is -0.480 e. The van der Waals surface area contributed by atoms with E-state index in [1.54, 1.807) is 0 Å². The SMILES string of the molecule is CC(NC(=O)[C@@H]1CC[C@H](C)O1)C(=O)O. The zero-order valence-electron chi connectivity index (χ0n) is 8.32. The molecular formula is C9H15NO4. The van der Waals surface area contributed by atoms with Gasteiger partial charge in [0.05, 0.1) is 6.10 Å². The smallest absolute Gasteiger partial charge is 0.325 e. The van der Waals surface area contributed by atoms with Crippen LogP contribution in [0.2, 0.25) is 0 Å². The molecule has 1 unspecified atom stereocenters. The predicted octanol–water partition coefficient (Wildman–Crippen LogP) is 0.143. The Labute approximate surface area is 82.4 Å². The van der Waals surface area contributed by atoms with E-state index in [-0.39, 0.29) is 12.0 Å². The van der Waals surface area contributed by atoms with Crippen molar-refractivity contribution in [1.29, 1.82) is 0 Å². The summed E-state index contributed by atoms with van der Waals surface area (Å²) in [7, 11) is 0. The number of nitrogens with one attached hydrogen (secondary N) is 1. The highest BCUT2D eigenvalue weighted by molar-refractivity contribution is 5.86.